The standard InChI is InChI=1S/C18H28N6.HI/c1-2-19-18(20-10-14-23-11-5-6-12-23)21-15-16-9-13-24(22-16)17-7-3-4-8-17;/h5-6,9,11-13,17H,2-4,7-8,10,14-15H2,1H3,(H2,19,20,21);1H. The number of hydrogen-bond acceptors (Lipinski definition) is 2. The van der Waals surface area contributed by atoms with E-state index in [0.29, 0.717) is 12.6 Å². The Balaban J connectivity index is 0.00000225. The van der Waals surface area contributed by atoms with E-state index in [1.807, 2.05) is 12.1 Å². The molecule has 2 aromatic rings. The predicted molar refractivity (Wildman–Crippen MR) is 112 cm³/mol. The molecule has 2 N–H and O–H groups in total. The highest BCUT2D eigenvalue weighted by atomic mass is 127. The zero-order valence-corrected chi connectivity index (χ0v) is 17.2. The highest BCUT2D eigenvalue weighted by molar-refractivity contribution is 14.0. The van der Waals surface area contributed by atoms with Crippen LogP contribution in [0, 0.1) is 0 Å². The van der Waals surface area contributed by atoms with Crippen molar-refractivity contribution in [1.29, 1.82) is 0 Å². The molecule has 25 heavy (non-hydrogen) atoms. The normalized spacial score (nSPS) is 15.2. The van der Waals surface area contributed by atoms with Gasteiger partial charge in [0.25, 0.3) is 0 Å². The molecule has 138 valence electrons. The average molecular weight is 456 g/mol. The van der Waals surface area contributed by atoms with E-state index in [9.17, 15) is 0 Å². The number of nitrogens with zero attached hydrogens (tertiary/aromatic N) is 4. The summed E-state index contributed by atoms with van der Waals surface area (Å²) < 4.78 is 4.28. The summed E-state index contributed by atoms with van der Waals surface area (Å²) >= 11 is 0. The molecule has 0 saturated heterocycles. The van der Waals surface area contributed by atoms with Crippen molar-refractivity contribution in [3.8, 4) is 0 Å². The van der Waals surface area contributed by atoms with Gasteiger partial charge in [-0.3, -0.25) is 4.68 Å². The van der Waals surface area contributed by atoms with E-state index >= 15 is 0 Å². The van der Waals surface area contributed by atoms with E-state index in [-0.39, 0.29) is 24.0 Å². The second-order valence-corrected chi connectivity index (χ2v) is 6.27. The molecule has 0 unspecified atom stereocenters. The number of rotatable bonds is 7. The van der Waals surface area contributed by atoms with Crippen LogP contribution < -0.4 is 10.6 Å². The topological polar surface area (TPSA) is 59.2 Å². The molecule has 3 rings (SSSR count). The average Bonchev–Trinajstić information content (AvgIpc) is 3.33. The van der Waals surface area contributed by atoms with Crippen molar-refractivity contribution in [2.45, 2.75) is 51.7 Å². The van der Waals surface area contributed by atoms with E-state index in [2.05, 4.69) is 56.5 Å². The molecular formula is C18H29IN6. The summed E-state index contributed by atoms with van der Waals surface area (Å²) in [7, 11) is 0. The summed E-state index contributed by atoms with van der Waals surface area (Å²) in [5.41, 5.74) is 1.03. The van der Waals surface area contributed by atoms with Gasteiger partial charge in [-0.2, -0.15) is 5.10 Å². The Kier molecular flexibility index (Phi) is 8.30. The lowest BCUT2D eigenvalue weighted by atomic mass is 10.3. The Hall–Kier alpha value is -1.51. The third-order valence-corrected chi connectivity index (χ3v) is 4.43. The minimum atomic E-state index is 0. The Morgan fingerprint density at radius 1 is 1.20 bits per heavy atom. The first-order chi connectivity index (χ1) is 11.8. The molecule has 1 fully saturated rings. The van der Waals surface area contributed by atoms with Crippen molar-refractivity contribution in [2.75, 3.05) is 13.1 Å². The van der Waals surface area contributed by atoms with Crippen LogP contribution in [0.3, 0.4) is 0 Å². The molecular weight excluding hydrogens is 427 g/mol. The molecule has 7 heteroatoms. The molecule has 0 atom stereocenters. The first-order valence-corrected chi connectivity index (χ1v) is 9.02. The van der Waals surface area contributed by atoms with E-state index in [1.54, 1.807) is 0 Å². The second kappa shape index (κ2) is 10.5. The highest BCUT2D eigenvalue weighted by Gasteiger charge is 2.17. The molecule has 1 aliphatic rings. The van der Waals surface area contributed by atoms with Gasteiger partial charge in [0.05, 0.1) is 18.3 Å². The SMILES string of the molecule is CCNC(=NCc1ccn(C2CCCC2)n1)NCCn1cccc1.I. The Morgan fingerprint density at radius 2 is 1.96 bits per heavy atom. The lowest BCUT2D eigenvalue weighted by Gasteiger charge is -2.11. The maximum atomic E-state index is 4.70. The summed E-state index contributed by atoms with van der Waals surface area (Å²) in [6.07, 6.45) is 11.4. The van der Waals surface area contributed by atoms with Crippen molar-refractivity contribution in [3.63, 3.8) is 0 Å². The van der Waals surface area contributed by atoms with Gasteiger partial charge in [-0.25, -0.2) is 4.99 Å². The van der Waals surface area contributed by atoms with Gasteiger partial charge in [0.2, 0.25) is 0 Å². The van der Waals surface area contributed by atoms with Gasteiger partial charge in [0, 0.05) is 38.2 Å². The van der Waals surface area contributed by atoms with Gasteiger partial charge in [0.1, 0.15) is 0 Å². The first kappa shape index (κ1) is 19.8. The van der Waals surface area contributed by atoms with Crippen LogP contribution in [0.15, 0.2) is 41.8 Å². The molecule has 1 aliphatic carbocycles. The van der Waals surface area contributed by atoms with E-state index in [0.717, 1.165) is 31.3 Å². The molecule has 0 aromatic carbocycles. The van der Waals surface area contributed by atoms with Gasteiger partial charge in [-0.15, -0.1) is 24.0 Å². The lowest BCUT2D eigenvalue weighted by Crippen LogP contribution is -2.38. The zero-order valence-electron chi connectivity index (χ0n) is 14.9. The van der Waals surface area contributed by atoms with Gasteiger partial charge in [-0.05, 0) is 38.0 Å². The number of hydrogen-bond donors (Lipinski definition) is 2. The maximum Gasteiger partial charge on any atom is 0.191 e. The van der Waals surface area contributed by atoms with Crippen LogP contribution in [-0.2, 0) is 13.1 Å². The van der Waals surface area contributed by atoms with Gasteiger partial charge >= 0.3 is 0 Å². The predicted octanol–water partition coefficient (Wildman–Crippen LogP) is 3.17. The van der Waals surface area contributed by atoms with Gasteiger partial charge in [0.15, 0.2) is 5.96 Å². The summed E-state index contributed by atoms with van der Waals surface area (Å²) in [5.74, 6) is 0.847. The third kappa shape index (κ3) is 6.05. The minimum absolute atomic E-state index is 0. The third-order valence-electron chi connectivity index (χ3n) is 4.43. The van der Waals surface area contributed by atoms with Crippen LogP contribution >= 0.6 is 24.0 Å². The van der Waals surface area contributed by atoms with Gasteiger partial charge in [-0.1, -0.05) is 12.8 Å². The van der Waals surface area contributed by atoms with Crippen LogP contribution in [0.25, 0.3) is 0 Å². The van der Waals surface area contributed by atoms with E-state index < -0.39 is 0 Å². The molecule has 0 aliphatic heterocycles. The molecule has 0 spiro atoms. The highest BCUT2D eigenvalue weighted by Crippen LogP contribution is 2.28. The van der Waals surface area contributed by atoms with Gasteiger partial charge < -0.3 is 15.2 Å². The fraction of sp³-hybridized carbons (Fsp3) is 0.556. The Morgan fingerprint density at radius 3 is 2.68 bits per heavy atom. The zero-order chi connectivity index (χ0) is 16.6. The smallest absolute Gasteiger partial charge is 0.191 e. The molecule has 2 aromatic heterocycles. The number of aliphatic imine (C=N–C) groups is 1. The molecule has 1 saturated carbocycles. The fourth-order valence-corrected chi connectivity index (χ4v) is 3.16. The van der Waals surface area contributed by atoms with Crippen LogP contribution in [0.4, 0.5) is 0 Å². The van der Waals surface area contributed by atoms with E-state index in [4.69, 9.17) is 5.10 Å². The molecule has 6 nitrogen and oxygen atoms in total. The lowest BCUT2D eigenvalue weighted by molar-refractivity contribution is 0.463. The number of halogens is 1. The van der Waals surface area contributed by atoms with Crippen LogP contribution in [0.2, 0.25) is 0 Å². The largest absolute Gasteiger partial charge is 0.357 e. The van der Waals surface area contributed by atoms with Crippen molar-refractivity contribution < 1.29 is 0 Å². The second-order valence-electron chi connectivity index (χ2n) is 6.27. The summed E-state index contributed by atoms with van der Waals surface area (Å²) in [6, 6.07) is 6.76. The van der Waals surface area contributed by atoms with E-state index in [1.165, 1.54) is 25.7 Å². The monoisotopic (exact) mass is 456 g/mol. The maximum absolute atomic E-state index is 4.70. The molecule has 0 bridgehead atoms. The Bertz CT molecular complexity index is 628. The van der Waals surface area contributed by atoms with Crippen molar-refractivity contribution in [2.24, 2.45) is 4.99 Å². The Labute approximate surface area is 167 Å². The quantitative estimate of drug-likeness (QED) is 0.382. The minimum Gasteiger partial charge on any atom is -0.357 e. The fourth-order valence-electron chi connectivity index (χ4n) is 3.16. The number of aromatic nitrogens is 3. The van der Waals surface area contributed by atoms with Crippen LogP contribution in [0.5, 0.6) is 0 Å². The van der Waals surface area contributed by atoms with Crippen molar-refractivity contribution in [1.82, 2.24) is 25.0 Å². The van der Waals surface area contributed by atoms with Crippen molar-refractivity contribution >= 4 is 29.9 Å². The molecule has 0 radical (unpaired) electrons. The molecule has 0 amide bonds. The summed E-state index contributed by atoms with van der Waals surface area (Å²) in [5, 5.41) is 11.4. The summed E-state index contributed by atoms with van der Waals surface area (Å²) in [6.45, 7) is 5.31. The summed E-state index contributed by atoms with van der Waals surface area (Å²) in [4.78, 5) is 4.65. The molecule has 2 heterocycles. The van der Waals surface area contributed by atoms with Crippen molar-refractivity contribution in [3.05, 3.63) is 42.5 Å². The number of nitrogens with one attached hydrogen (secondary N) is 2. The van der Waals surface area contributed by atoms with Crippen LogP contribution in [0.1, 0.15) is 44.3 Å². The number of guanidine groups is 1. The van der Waals surface area contributed by atoms with Crippen LogP contribution in [-0.4, -0.2) is 33.4 Å². The first-order valence-electron chi connectivity index (χ1n) is 9.02.